The van der Waals surface area contributed by atoms with Gasteiger partial charge in [-0.2, -0.15) is 0 Å². The van der Waals surface area contributed by atoms with Crippen molar-refractivity contribution in [3.05, 3.63) is 57.5 Å². The standard InChI is InChI=1S/C12H10N4O5/c1-7-5-10(15-21-7)12(18)14-13-11(17)8-3-2-4-9(6-8)16(19)20/h2-6H,1H3,(H,13,17)(H,14,18). The van der Waals surface area contributed by atoms with Gasteiger partial charge in [-0.3, -0.25) is 30.6 Å². The third-order valence-electron chi connectivity index (χ3n) is 2.47. The zero-order valence-electron chi connectivity index (χ0n) is 10.8. The maximum atomic E-state index is 11.8. The SMILES string of the molecule is Cc1cc(C(=O)NNC(=O)c2cccc([N+](=O)[O-])c2)no1. The van der Waals surface area contributed by atoms with Crippen molar-refractivity contribution < 1.29 is 19.0 Å². The molecule has 0 unspecified atom stereocenters. The van der Waals surface area contributed by atoms with E-state index in [4.69, 9.17) is 4.52 Å². The summed E-state index contributed by atoms with van der Waals surface area (Å²) in [6.45, 7) is 1.62. The van der Waals surface area contributed by atoms with E-state index in [2.05, 4.69) is 16.0 Å². The number of hydrogen-bond acceptors (Lipinski definition) is 6. The minimum absolute atomic E-state index is 0.00634. The number of rotatable bonds is 3. The van der Waals surface area contributed by atoms with Gasteiger partial charge in [-0.05, 0) is 13.0 Å². The van der Waals surface area contributed by atoms with Crippen LogP contribution in [0, 0.1) is 17.0 Å². The molecule has 0 saturated carbocycles. The van der Waals surface area contributed by atoms with Gasteiger partial charge in [-0.25, -0.2) is 0 Å². The summed E-state index contributed by atoms with van der Waals surface area (Å²) in [5.41, 5.74) is 4.09. The average molecular weight is 290 g/mol. The lowest BCUT2D eigenvalue weighted by Crippen LogP contribution is -2.41. The number of nitro benzene ring substituents is 1. The third kappa shape index (κ3) is 3.41. The monoisotopic (exact) mass is 290 g/mol. The molecule has 108 valence electrons. The fourth-order valence-electron chi connectivity index (χ4n) is 1.48. The summed E-state index contributed by atoms with van der Waals surface area (Å²) in [6.07, 6.45) is 0. The number of hydrazine groups is 1. The van der Waals surface area contributed by atoms with Gasteiger partial charge in [0.15, 0.2) is 5.69 Å². The molecule has 9 nitrogen and oxygen atoms in total. The summed E-state index contributed by atoms with van der Waals surface area (Å²) in [7, 11) is 0. The van der Waals surface area contributed by atoms with E-state index >= 15 is 0 Å². The van der Waals surface area contributed by atoms with E-state index in [1.807, 2.05) is 0 Å². The van der Waals surface area contributed by atoms with Crippen LogP contribution in [0.4, 0.5) is 5.69 Å². The highest BCUT2D eigenvalue weighted by molar-refractivity contribution is 5.98. The van der Waals surface area contributed by atoms with Crippen molar-refractivity contribution in [1.82, 2.24) is 16.0 Å². The predicted octanol–water partition coefficient (Wildman–Crippen LogP) is 0.966. The minimum atomic E-state index is -0.688. The molecule has 0 aliphatic carbocycles. The number of amides is 2. The van der Waals surface area contributed by atoms with Crippen LogP contribution in [-0.4, -0.2) is 21.9 Å². The lowest BCUT2D eigenvalue weighted by Gasteiger charge is -2.05. The molecular weight excluding hydrogens is 280 g/mol. The zero-order valence-corrected chi connectivity index (χ0v) is 10.8. The normalized spacial score (nSPS) is 9.95. The van der Waals surface area contributed by atoms with E-state index in [9.17, 15) is 19.7 Å². The molecule has 2 N–H and O–H groups in total. The van der Waals surface area contributed by atoms with Gasteiger partial charge in [0.05, 0.1) is 4.92 Å². The lowest BCUT2D eigenvalue weighted by atomic mass is 10.2. The number of aryl methyl sites for hydroxylation is 1. The molecule has 2 rings (SSSR count). The fraction of sp³-hybridized carbons (Fsp3) is 0.0833. The third-order valence-corrected chi connectivity index (χ3v) is 2.47. The second-order valence-electron chi connectivity index (χ2n) is 4.04. The van der Waals surface area contributed by atoms with Crippen molar-refractivity contribution in [3.63, 3.8) is 0 Å². The van der Waals surface area contributed by atoms with E-state index in [0.29, 0.717) is 5.76 Å². The number of non-ortho nitro benzene ring substituents is 1. The average Bonchev–Trinajstić information content (AvgIpc) is 2.91. The highest BCUT2D eigenvalue weighted by Gasteiger charge is 2.14. The number of aromatic nitrogens is 1. The van der Waals surface area contributed by atoms with E-state index < -0.39 is 16.7 Å². The molecule has 0 spiro atoms. The molecule has 0 aliphatic heterocycles. The molecule has 0 aliphatic rings. The molecule has 0 atom stereocenters. The molecule has 9 heteroatoms. The maximum Gasteiger partial charge on any atom is 0.291 e. The summed E-state index contributed by atoms with van der Waals surface area (Å²) < 4.78 is 4.72. The van der Waals surface area contributed by atoms with Crippen molar-refractivity contribution in [2.75, 3.05) is 0 Å². The number of nitrogens with zero attached hydrogens (tertiary/aromatic N) is 2. The number of nitro groups is 1. The molecule has 0 bridgehead atoms. The van der Waals surface area contributed by atoms with Gasteiger partial charge in [0, 0.05) is 23.8 Å². The molecule has 0 fully saturated rings. The molecule has 1 heterocycles. The Morgan fingerprint density at radius 3 is 2.57 bits per heavy atom. The van der Waals surface area contributed by atoms with Gasteiger partial charge >= 0.3 is 0 Å². The molecule has 1 aromatic carbocycles. The molecule has 1 aromatic heterocycles. The zero-order chi connectivity index (χ0) is 15.4. The van der Waals surface area contributed by atoms with Gasteiger partial charge in [0.2, 0.25) is 0 Å². The molecule has 2 aromatic rings. The Balaban J connectivity index is 2.00. The first kappa shape index (κ1) is 14.2. The van der Waals surface area contributed by atoms with Crippen LogP contribution in [0.15, 0.2) is 34.9 Å². The first-order valence-corrected chi connectivity index (χ1v) is 5.76. The number of hydrogen-bond donors (Lipinski definition) is 2. The summed E-state index contributed by atoms with van der Waals surface area (Å²) >= 11 is 0. The van der Waals surface area contributed by atoms with E-state index in [1.54, 1.807) is 6.92 Å². The van der Waals surface area contributed by atoms with Crippen molar-refractivity contribution in [2.24, 2.45) is 0 Å². The Bertz CT molecular complexity index is 709. The van der Waals surface area contributed by atoms with Crippen molar-refractivity contribution >= 4 is 17.5 Å². The van der Waals surface area contributed by atoms with E-state index in [1.165, 1.54) is 24.3 Å². The maximum absolute atomic E-state index is 11.8. The van der Waals surface area contributed by atoms with Gasteiger partial charge in [0.1, 0.15) is 5.76 Å². The number of nitrogens with one attached hydrogen (secondary N) is 2. The first-order valence-electron chi connectivity index (χ1n) is 5.76. The molecule has 0 saturated heterocycles. The topological polar surface area (TPSA) is 127 Å². The largest absolute Gasteiger partial charge is 0.361 e. The Kier molecular flexibility index (Phi) is 3.93. The van der Waals surface area contributed by atoms with Crippen LogP contribution in [0.25, 0.3) is 0 Å². The minimum Gasteiger partial charge on any atom is -0.361 e. The van der Waals surface area contributed by atoms with Crippen molar-refractivity contribution in [1.29, 1.82) is 0 Å². The molecule has 21 heavy (non-hydrogen) atoms. The number of carbonyl (C=O) groups excluding carboxylic acids is 2. The van der Waals surface area contributed by atoms with Crippen molar-refractivity contribution in [3.8, 4) is 0 Å². The molecule has 0 radical (unpaired) electrons. The van der Waals surface area contributed by atoms with Crippen LogP contribution < -0.4 is 10.9 Å². The van der Waals surface area contributed by atoms with Gasteiger partial charge in [-0.1, -0.05) is 11.2 Å². The smallest absolute Gasteiger partial charge is 0.291 e. The number of carbonyl (C=O) groups is 2. The Morgan fingerprint density at radius 2 is 1.95 bits per heavy atom. The second-order valence-corrected chi connectivity index (χ2v) is 4.04. The second kappa shape index (κ2) is 5.82. The Labute approximate surface area is 118 Å². The van der Waals surface area contributed by atoms with Crippen LogP contribution in [-0.2, 0) is 0 Å². The van der Waals surface area contributed by atoms with E-state index in [-0.39, 0.29) is 16.9 Å². The first-order chi connectivity index (χ1) is 9.97. The quantitative estimate of drug-likeness (QED) is 0.640. The van der Waals surface area contributed by atoms with Crippen LogP contribution >= 0.6 is 0 Å². The van der Waals surface area contributed by atoms with E-state index in [0.717, 1.165) is 6.07 Å². The van der Waals surface area contributed by atoms with Gasteiger partial charge in [0.25, 0.3) is 17.5 Å². The highest BCUT2D eigenvalue weighted by Crippen LogP contribution is 2.12. The summed E-state index contributed by atoms with van der Waals surface area (Å²) in [5, 5.41) is 14.1. The van der Waals surface area contributed by atoms with Gasteiger partial charge in [-0.15, -0.1) is 0 Å². The van der Waals surface area contributed by atoms with Crippen molar-refractivity contribution in [2.45, 2.75) is 6.92 Å². The lowest BCUT2D eigenvalue weighted by molar-refractivity contribution is -0.384. The molecular formula is C12H10N4O5. The summed E-state index contributed by atoms with van der Waals surface area (Å²) in [6, 6.07) is 6.51. The van der Waals surface area contributed by atoms with Gasteiger partial charge < -0.3 is 4.52 Å². The number of benzene rings is 1. The highest BCUT2D eigenvalue weighted by atomic mass is 16.6. The predicted molar refractivity (Wildman–Crippen MR) is 69.3 cm³/mol. The van der Waals surface area contributed by atoms with Crippen LogP contribution in [0.2, 0.25) is 0 Å². The van der Waals surface area contributed by atoms with Crippen LogP contribution in [0.3, 0.4) is 0 Å². The Hall–Kier alpha value is -3.23. The summed E-state index contributed by atoms with van der Waals surface area (Å²) in [4.78, 5) is 33.4. The van der Waals surface area contributed by atoms with Crippen LogP contribution in [0.5, 0.6) is 0 Å². The Morgan fingerprint density at radius 1 is 1.24 bits per heavy atom. The fourth-order valence-corrected chi connectivity index (χ4v) is 1.48. The summed E-state index contributed by atoms with van der Waals surface area (Å²) in [5.74, 6) is -0.900. The van der Waals surface area contributed by atoms with Crippen LogP contribution in [0.1, 0.15) is 26.6 Å². The molecule has 2 amide bonds.